The SMILES string of the molecule is CC(c1ccccc1-c1ncccn1)N(CC1CC1)C(=O)c1cc(C(F)(F)F)cc(C(F)(F)F)c1. The molecule has 0 radical (unpaired) electrons. The van der Waals surface area contributed by atoms with E-state index in [1.807, 2.05) is 0 Å². The molecule has 1 aliphatic carbocycles. The summed E-state index contributed by atoms with van der Waals surface area (Å²) in [5.74, 6) is -0.369. The summed E-state index contributed by atoms with van der Waals surface area (Å²) in [5, 5.41) is 0. The number of alkyl halides is 6. The lowest BCUT2D eigenvalue weighted by molar-refractivity contribution is -0.143. The topological polar surface area (TPSA) is 46.1 Å². The first kappa shape index (κ1) is 24.7. The van der Waals surface area contributed by atoms with Crippen LogP contribution >= 0.6 is 0 Å². The third-order valence-electron chi connectivity index (χ3n) is 5.93. The molecule has 3 aromatic rings. The van der Waals surface area contributed by atoms with Gasteiger partial charge in [-0.3, -0.25) is 4.79 Å². The Kier molecular flexibility index (Phi) is 6.57. The number of carbonyl (C=O) groups is 1. The molecular weight excluding hydrogens is 472 g/mol. The molecule has 1 saturated carbocycles. The minimum absolute atomic E-state index is 0.0213. The second kappa shape index (κ2) is 9.31. The molecule has 1 amide bonds. The molecule has 1 unspecified atom stereocenters. The maximum atomic E-state index is 13.5. The van der Waals surface area contributed by atoms with E-state index in [1.165, 1.54) is 4.90 Å². The van der Waals surface area contributed by atoms with Crippen LogP contribution in [0.4, 0.5) is 26.3 Å². The van der Waals surface area contributed by atoms with Crippen LogP contribution in [0.15, 0.2) is 60.9 Å². The summed E-state index contributed by atoms with van der Waals surface area (Å²) in [4.78, 5) is 23.3. The van der Waals surface area contributed by atoms with E-state index in [2.05, 4.69) is 9.97 Å². The number of aromatic nitrogens is 2. The average molecular weight is 493 g/mol. The maximum absolute atomic E-state index is 13.5. The second-order valence-corrected chi connectivity index (χ2v) is 8.53. The third-order valence-corrected chi connectivity index (χ3v) is 5.93. The van der Waals surface area contributed by atoms with E-state index < -0.39 is 41.0 Å². The van der Waals surface area contributed by atoms with E-state index in [0.717, 1.165) is 12.8 Å². The lowest BCUT2D eigenvalue weighted by Crippen LogP contribution is -2.36. The Labute approximate surface area is 197 Å². The van der Waals surface area contributed by atoms with Gasteiger partial charge < -0.3 is 4.90 Å². The molecule has 1 aliphatic rings. The quantitative estimate of drug-likeness (QED) is 0.355. The Bertz CT molecular complexity index is 1170. The normalized spacial score (nSPS) is 15.1. The molecule has 1 aromatic heterocycles. The highest BCUT2D eigenvalue weighted by atomic mass is 19.4. The van der Waals surface area contributed by atoms with Crippen LogP contribution < -0.4 is 0 Å². The molecule has 184 valence electrons. The van der Waals surface area contributed by atoms with Gasteiger partial charge in [0.1, 0.15) is 0 Å². The van der Waals surface area contributed by atoms with Crippen molar-refractivity contribution >= 4 is 5.91 Å². The predicted octanol–water partition coefficient (Wildman–Crippen LogP) is 6.79. The van der Waals surface area contributed by atoms with Gasteiger partial charge >= 0.3 is 12.4 Å². The fraction of sp³-hybridized carbons (Fsp3) is 0.320. The Balaban J connectivity index is 1.77. The Morgan fingerprint density at radius 2 is 1.51 bits per heavy atom. The van der Waals surface area contributed by atoms with Gasteiger partial charge in [-0.1, -0.05) is 24.3 Å². The van der Waals surface area contributed by atoms with E-state index in [1.54, 1.807) is 49.6 Å². The van der Waals surface area contributed by atoms with Crippen LogP contribution in [0.25, 0.3) is 11.4 Å². The zero-order valence-electron chi connectivity index (χ0n) is 18.6. The molecule has 0 spiro atoms. The lowest BCUT2D eigenvalue weighted by atomic mass is 9.97. The molecule has 1 fully saturated rings. The van der Waals surface area contributed by atoms with Crippen LogP contribution in [0.1, 0.15) is 52.9 Å². The number of hydrogen-bond acceptors (Lipinski definition) is 3. The van der Waals surface area contributed by atoms with Crippen molar-refractivity contribution in [2.75, 3.05) is 6.54 Å². The lowest BCUT2D eigenvalue weighted by Gasteiger charge is -2.31. The Morgan fingerprint density at radius 3 is 2.06 bits per heavy atom. The number of halogens is 6. The molecule has 35 heavy (non-hydrogen) atoms. The smallest absolute Gasteiger partial charge is 0.332 e. The van der Waals surface area contributed by atoms with E-state index in [0.29, 0.717) is 29.1 Å². The zero-order valence-corrected chi connectivity index (χ0v) is 18.6. The standard InChI is InChI=1S/C25H21F6N3O/c1-15(20-5-2-3-6-21(20)22-32-9-4-10-33-22)34(14-16-7-8-16)23(35)17-11-18(24(26,27)28)13-19(12-17)25(29,30)31/h2-6,9-13,15-16H,7-8,14H2,1H3. The predicted molar refractivity (Wildman–Crippen MR) is 116 cm³/mol. The second-order valence-electron chi connectivity index (χ2n) is 8.53. The fourth-order valence-electron chi connectivity index (χ4n) is 3.91. The maximum Gasteiger partial charge on any atom is 0.416 e. The molecule has 1 atom stereocenters. The van der Waals surface area contributed by atoms with Gasteiger partial charge in [0, 0.05) is 30.1 Å². The summed E-state index contributed by atoms with van der Waals surface area (Å²) in [5.41, 5.74) is -2.45. The van der Waals surface area contributed by atoms with Crippen molar-refractivity contribution < 1.29 is 31.1 Å². The highest BCUT2D eigenvalue weighted by Crippen LogP contribution is 2.39. The number of nitrogens with zero attached hydrogens (tertiary/aromatic N) is 3. The highest BCUT2D eigenvalue weighted by molar-refractivity contribution is 5.95. The average Bonchev–Trinajstić information content (AvgIpc) is 3.65. The molecule has 0 aliphatic heterocycles. The molecule has 4 rings (SSSR count). The van der Waals surface area contributed by atoms with Crippen LogP contribution in [-0.4, -0.2) is 27.3 Å². The number of carbonyl (C=O) groups excluding carboxylic acids is 1. The Hall–Kier alpha value is -3.43. The van der Waals surface area contributed by atoms with Gasteiger partial charge in [0.05, 0.1) is 17.2 Å². The van der Waals surface area contributed by atoms with Crippen molar-refractivity contribution in [2.45, 2.75) is 38.2 Å². The largest absolute Gasteiger partial charge is 0.416 e. The van der Waals surface area contributed by atoms with Crippen molar-refractivity contribution in [3.63, 3.8) is 0 Å². The van der Waals surface area contributed by atoms with Gasteiger partial charge in [-0.2, -0.15) is 26.3 Å². The van der Waals surface area contributed by atoms with Gasteiger partial charge in [-0.25, -0.2) is 9.97 Å². The van der Waals surface area contributed by atoms with Crippen molar-refractivity contribution in [1.82, 2.24) is 14.9 Å². The first-order valence-electron chi connectivity index (χ1n) is 10.9. The van der Waals surface area contributed by atoms with E-state index in [4.69, 9.17) is 0 Å². The number of amides is 1. The van der Waals surface area contributed by atoms with Gasteiger partial charge in [0.15, 0.2) is 5.82 Å². The monoisotopic (exact) mass is 493 g/mol. The molecule has 2 aromatic carbocycles. The number of benzene rings is 2. The minimum atomic E-state index is -5.04. The number of rotatable bonds is 6. The van der Waals surface area contributed by atoms with Crippen LogP contribution in [0.2, 0.25) is 0 Å². The van der Waals surface area contributed by atoms with Gasteiger partial charge in [-0.05, 0) is 55.5 Å². The fourth-order valence-corrected chi connectivity index (χ4v) is 3.91. The summed E-state index contributed by atoms with van der Waals surface area (Å²) in [6.45, 7) is 1.90. The summed E-state index contributed by atoms with van der Waals surface area (Å²) >= 11 is 0. The van der Waals surface area contributed by atoms with Crippen molar-refractivity contribution in [1.29, 1.82) is 0 Å². The van der Waals surface area contributed by atoms with Crippen molar-refractivity contribution in [3.05, 3.63) is 83.2 Å². The summed E-state index contributed by atoms with van der Waals surface area (Å²) in [6.07, 6.45) is -5.32. The molecule has 0 saturated heterocycles. The Morgan fingerprint density at radius 1 is 0.943 bits per heavy atom. The molecular formula is C25H21F6N3O. The van der Waals surface area contributed by atoms with E-state index in [9.17, 15) is 31.1 Å². The third kappa shape index (κ3) is 5.63. The van der Waals surface area contributed by atoms with Crippen LogP contribution in [-0.2, 0) is 12.4 Å². The highest BCUT2D eigenvalue weighted by Gasteiger charge is 2.39. The van der Waals surface area contributed by atoms with E-state index in [-0.39, 0.29) is 18.5 Å². The zero-order chi connectivity index (χ0) is 25.4. The van der Waals surface area contributed by atoms with Gasteiger partial charge in [0.2, 0.25) is 0 Å². The summed E-state index contributed by atoms with van der Waals surface area (Å²) in [7, 11) is 0. The van der Waals surface area contributed by atoms with Crippen molar-refractivity contribution in [3.8, 4) is 11.4 Å². The molecule has 0 bridgehead atoms. The summed E-state index contributed by atoms with van der Waals surface area (Å²) in [6, 6.07) is 8.97. The molecule has 1 heterocycles. The van der Waals surface area contributed by atoms with Crippen LogP contribution in [0.5, 0.6) is 0 Å². The van der Waals surface area contributed by atoms with Crippen molar-refractivity contribution in [2.24, 2.45) is 5.92 Å². The minimum Gasteiger partial charge on any atom is -0.332 e. The molecule has 4 nitrogen and oxygen atoms in total. The van der Waals surface area contributed by atoms with Gasteiger partial charge in [0.25, 0.3) is 5.91 Å². The van der Waals surface area contributed by atoms with Gasteiger partial charge in [-0.15, -0.1) is 0 Å². The number of hydrogen-bond donors (Lipinski definition) is 0. The first-order valence-corrected chi connectivity index (χ1v) is 10.9. The first-order chi connectivity index (χ1) is 16.4. The van der Waals surface area contributed by atoms with Crippen LogP contribution in [0.3, 0.4) is 0 Å². The van der Waals surface area contributed by atoms with E-state index >= 15 is 0 Å². The summed E-state index contributed by atoms with van der Waals surface area (Å²) < 4.78 is 80.3. The molecule has 0 N–H and O–H groups in total. The van der Waals surface area contributed by atoms with Crippen LogP contribution in [0, 0.1) is 5.92 Å². The molecule has 10 heteroatoms.